The zero-order valence-corrected chi connectivity index (χ0v) is 7.16. The van der Waals surface area contributed by atoms with Crippen LogP contribution in [0.25, 0.3) is 0 Å². The molecule has 6 heteroatoms. The van der Waals surface area contributed by atoms with E-state index in [1.807, 2.05) is 0 Å². The molecule has 6 nitrogen and oxygen atoms in total. The number of aliphatic hydroxyl groups is 5. The van der Waals surface area contributed by atoms with Crippen molar-refractivity contribution in [1.29, 1.82) is 0 Å². The van der Waals surface area contributed by atoms with E-state index >= 15 is 0 Å². The standard InChI is InChI=1S/C7H14O6/c1-7(2-8)5(11)3(9)4(10)6(12)13-7/h3-6,8-12H,2H2,1H3/t3-,4-,5+,6-,7+/m1/s1. The highest BCUT2D eigenvalue weighted by Gasteiger charge is 2.50. The van der Waals surface area contributed by atoms with E-state index in [9.17, 15) is 10.2 Å². The molecular weight excluding hydrogens is 180 g/mol. The van der Waals surface area contributed by atoms with E-state index in [0.717, 1.165) is 0 Å². The Bertz CT molecular complexity index is 186. The van der Waals surface area contributed by atoms with Gasteiger partial charge in [-0.1, -0.05) is 0 Å². The van der Waals surface area contributed by atoms with E-state index < -0.39 is 36.8 Å². The summed E-state index contributed by atoms with van der Waals surface area (Å²) in [7, 11) is 0. The molecule has 1 heterocycles. The van der Waals surface area contributed by atoms with Crippen LogP contribution in [0.3, 0.4) is 0 Å². The Balaban J connectivity index is 2.82. The van der Waals surface area contributed by atoms with Gasteiger partial charge in [-0.05, 0) is 6.92 Å². The van der Waals surface area contributed by atoms with Crippen LogP contribution >= 0.6 is 0 Å². The van der Waals surface area contributed by atoms with E-state index in [-0.39, 0.29) is 0 Å². The van der Waals surface area contributed by atoms with Gasteiger partial charge in [0.1, 0.15) is 23.9 Å². The lowest BCUT2D eigenvalue weighted by Gasteiger charge is -2.44. The van der Waals surface area contributed by atoms with Crippen LogP contribution in [0, 0.1) is 0 Å². The Hall–Kier alpha value is -0.240. The van der Waals surface area contributed by atoms with E-state index in [1.165, 1.54) is 6.92 Å². The molecule has 1 aliphatic rings. The second kappa shape index (κ2) is 3.49. The van der Waals surface area contributed by atoms with Gasteiger partial charge in [-0.3, -0.25) is 0 Å². The molecule has 5 N–H and O–H groups in total. The number of ether oxygens (including phenoxy) is 1. The maximum atomic E-state index is 9.38. The Morgan fingerprint density at radius 2 is 1.69 bits per heavy atom. The van der Waals surface area contributed by atoms with Gasteiger partial charge in [0.15, 0.2) is 6.29 Å². The van der Waals surface area contributed by atoms with Gasteiger partial charge in [-0.15, -0.1) is 0 Å². The van der Waals surface area contributed by atoms with Crippen LogP contribution in [0.4, 0.5) is 0 Å². The quantitative estimate of drug-likeness (QED) is 0.308. The second-order valence-electron chi connectivity index (χ2n) is 3.41. The van der Waals surface area contributed by atoms with Crippen molar-refractivity contribution < 1.29 is 30.3 Å². The first-order valence-corrected chi connectivity index (χ1v) is 3.93. The summed E-state index contributed by atoms with van der Waals surface area (Å²) in [6, 6.07) is 0. The third-order valence-corrected chi connectivity index (χ3v) is 2.30. The molecule has 78 valence electrons. The number of aliphatic hydroxyl groups excluding tert-OH is 5. The molecule has 0 bridgehead atoms. The third kappa shape index (κ3) is 1.69. The molecule has 0 aromatic rings. The molecule has 1 saturated heterocycles. The first-order valence-electron chi connectivity index (χ1n) is 3.93. The minimum absolute atomic E-state index is 0.561. The molecule has 0 aromatic heterocycles. The van der Waals surface area contributed by atoms with E-state index in [0.29, 0.717) is 0 Å². The van der Waals surface area contributed by atoms with E-state index in [2.05, 4.69) is 0 Å². The van der Waals surface area contributed by atoms with Crippen LogP contribution in [0.5, 0.6) is 0 Å². The molecular formula is C7H14O6. The van der Waals surface area contributed by atoms with Gasteiger partial charge in [0.2, 0.25) is 0 Å². The van der Waals surface area contributed by atoms with Crippen LogP contribution in [0.2, 0.25) is 0 Å². The normalized spacial score (nSPS) is 52.2. The molecule has 13 heavy (non-hydrogen) atoms. The van der Waals surface area contributed by atoms with Gasteiger partial charge >= 0.3 is 0 Å². The van der Waals surface area contributed by atoms with E-state index in [1.54, 1.807) is 0 Å². The van der Waals surface area contributed by atoms with Gasteiger partial charge < -0.3 is 30.3 Å². The third-order valence-electron chi connectivity index (χ3n) is 2.30. The topological polar surface area (TPSA) is 110 Å². The monoisotopic (exact) mass is 194 g/mol. The van der Waals surface area contributed by atoms with E-state index in [4.69, 9.17) is 20.1 Å². The van der Waals surface area contributed by atoms with Gasteiger partial charge in [-0.2, -0.15) is 0 Å². The molecule has 1 fully saturated rings. The smallest absolute Gasteiger partial charge is 0.184 e. The fourth-order valence-electron chi connectivity index (χ4n) is 1.26. The molecule has 1 rings (SSSR count). The fraction of sp³-hybridized carbons (Fsp3) is 1.00. The average Bonchev–Trinajstić information content (AvgIpc) is 2.12. The fourth-order valence-corrected chi connectivity index (χ4v) is 1.26. The lowest BCUT2D eigenvalue weighted by molar-refractivity contribution is -0.321. The predicted octanol–water partition coefficient (Wildman–Crippen LogP) is -2.83. The summed E-state index contributed by atoms with van der Waals surface area (Å²) in [4.78, 5) is 0. The van der Waals surface area contributed by atoms with Crippen molar-refractivity contribution in [3.63, 3.8) is 0 Å². The van der Waals surface area contributed by atoms with Crippen molar-refractivity contribution in [3.05, 3.63) is 0 Å². The maximum Gasteiger partial charge on any atom is 0.184 e. The minimum atomic E-state index is -1.60. The maximum absolute atomic E-state index is 9.38. The van der Waals surface area contributed by atoms with Gasteiger partial charge in [-0.25, -0.2) is 0 Å². The average molecular weight is 194 g/mol. The Kier molecular flexibility index (Phi) is 2.91. The summed E-state index contributed by atoms with van der Waals surface area (Å²) in [5, 5.41) is 45.6. The largest absolute Gasteiger partial charge is 0.393 e. The molecule has 0 aliphatic carbocycles. The summed E-state index contributed by atoms with van der Waals surface area (Å²) >= 11 is 0. The summed E-state index contributed by atoms with van der Waals surface area (Å²) in [6.45, 7) is 0.769. The summed E-state index contributed by atoms with van der Waals surface area (Å²) in [5.74, 6) is 0. The minimum Gasteiger partial charge on any atom is -0.393 e. The summed E-state index contributed by atoms with van der Waals surface area (Å²) < 4.78 is 4.76. The molecule has 0 amide bonds. The summed E-state index contributed by atoms with van der Waals surface area (Å²) in [6.07, 6.45) is -6.12. The molecule has 0 spiro atoms. The zero-order valence-electron chi connectivity index (χ0n) is 7.16. The second-order valence-corrected chi connectivity index (χ2v) is 3.41. The molecule has 0 unspecified atom stereocenters. The lowest BCUT2D eigenvalue weighted by atomic mass is 9.89. The van der Waals surface area contributed by atoms with Crippen molar-refractivity contribution in [3.8, 4) is 0 Å². The molecule has 0 aromatic carbocycles. The number of rotatable bonds is 1. The van der Waals surface area contributed by atoms with Crippen LogP contribution < -0.4 is 0 Å². The van der Waals surface area contributed by atoms with Gasteiger partial charge in [0.25, 0.3) is 0 Å². The number of hydrogen-bond donors (Lipinski definition) is 5. The van der Waals surface area contributed by atoms with Crippen LogP contribution in [-0.4, -0.2) is 62.3 Å². The van der Waals surface area contributed by atoms with Crippen LogP contribution in [0.15, 0.2) is 0 Å². The highest BCUT2D eigenvalue weighted by molar-refractivity contribution is 4.96. The van der Waals surface area contributed by atoms with Crippen molar-refractivity contribution in [2.75, 3.05) is 6.61 Å². The SMILES string of the molecule is C[C@@]1(CO)O[C@@H](O)[C@H](O)[C@@H](O)[C@@H]1O. The van der Waals surface area contributed by atoms with Crippen molar-refractivity contribution in [1.82, 2.24) is 0 Å². The highest BCUT2D eigenvalue weighted by Crippen LogP contribution is 2.28. The Morgan fingerprint density at radius 3 is 2.15 bits per heavy atom. The number of hydrogen-bond acceptors (Lipinski definition) is 6. The highest BCUT2D eigenvalue weighted by atomic mass is 16.6. The molecule has 0 saturated carbocycles. The predicted molar refractivity (Wildman–Crippen MR) is 40.6 cm³/mol. The molecule has 5 atom stereocenters. The van der Waals surface area contributed by atoms with Crippen LogP contribution in [-0.2, 0) is 4.74 Å². The Morgan fingerprint density at radius 1 is 1.15 bits per heavy atom. The lowest BCUT2D eigenvalue weighted by Crippen LogP contribution is -2.64. The van der Waals surface area contributed by atoms with Crippen molar-refractivity contribution in [2.24, 2.45) is 0 Å². The molecule has 0 radical (unpaired) electrons. The van der Waals surface area contributed by atoms with Crippen molar-refractivity contribution in [2.45, 2.75) is 37.1 Å². The van der Waals surface area contributed by atoms with Crippen LogP contribution in [0.1, 0.15) is 6.92 Å². The Labute approximate surface area is 75.0 Å². The van der Waals surface area contributed by atoms with Gasteiger partial charge in [0.05, 0.1) is 6.61 Å². The van der Waals surface area contributed by atoms with Crippen molar-refractivity contribution >= 4 is 0 Å². The molecule has 1 aliphatic heterocycles. The first-order chi connectivity index (χ1) is 5.92. The summed E-state index contributed by atoms with van der Waals surface area (Å²) in [5.41, 5.74) is -1.45. The zero-order chi connectivity index (χ0) is 10.2. The first kappa shape index (κ1) is 10.8. The van der Waals surface area contributed by atoms with Gasteiger partial charge in [0, 0.05) is 0 Å².